The van der Waals surface area contributed by atoms with E-state index in [1.807, 2.05) is 0 Å². The van der Waals surface area contributed by atoms with Crippen molar-refractivity contribution in [2.45, 2.75) is 50.3 Å². The van der Waals surface area contributed by atoms with E-state index < -0.39 is 0 Å². The maximum absolute atomic E-state index is 2.73. The largest absolute Gasteiger partial charge is 0.299 e. The van der Waals surface area contributed by atoms with Crippen LogP contribution in [-0.4, -0.2) is 59.6 Å². The number of nitrogens with zero attached hydrogens (tertiary/aromatic N) is 2. The summed E-state index contributed by atoms with van der Waals surface area (Å²) >= 11 is 2.08. The third kappa shape index (κ3) is 2.99. The third-order valence-corrected chi connectivity index (χ3v) is 6.48. The molecule has 1 atom stereocenters. The van der Waals surface area contributed by atoms with Crippen molar-refractivity contribution >= 4 is 11.8 Å². The molecule has 0 aromatic rings. The molecule has 2 aliphatic heterocycles. The number of rotatable bonds is 5. The van der Waals surface area contributed by atoms with Crippen LogP contribution in [0, 0.1) is 0 Å². The first kappa shape index (κ1) is 13.7. The van der Waals surface area contributed by atoms with Gasteiger partial charge in [0.25, 0.3) is 0 Å². The normalized spacial score (nSPS) is 27.4. The van der Waals surface area contributed by atoms with Gasteiger partial charge in [0, 0.05) is 37.0 Å². The van der Waals surface area contributed by atoms with Crippen molar-refractivity contribution in [1.29, 1.82) is 0 Å². The zero-order chi connectivity index (χ0) is 12.3. The van der Waals surface area contributed by atoms with E-state index in [1.165, 1.54) is 58.4 Å². The molecule has 2 heterocycles. The summed E-state index contributed by atoms with van der Waals surface area (Å²) in [6.07, 6.45) is 7.75. The molecule has 0 N–H and O–H groups in total. The molecule has 1 unspecified atom stereocenters. The number of hydrogen-bond donors (Lipinski definition) is 0. The van der Waals surface area contributed by atoms with Crippen LogP contribution >= 0.6 is 11.8 Å². The fourth-order valence-corrected chi connectivity index (χ4v) is 4.32. The molecule has 0 aromatic carbocycles. The molecule has 0 bridgehead atoms. The van der Waals surface area contributed by atoms with Crippen LogP contribution in [0.4, 0.5) is 0 Å². The van der Waals surface area contributed by atoms with E-state index in [0.717, 1.165) is 6.04 Å². The summed E-state index contributed by atoms with van der Waals surface area (Å²) in [6.45, 7) is 11.3. The number of fused-ring (bicyclic) bond motifs is 1. The Labute approximate surface area is 111 Å². The summed E-state index contributed by atoms with van der Waals surface area (Å²) in [7, 11) is 0. The lowest BCUT2D eigenvalue weighted by atomic mass is 10.0. The van der Waals surface area contributed by atoms with Crippen molar-refractivity contribution in [3.8, 4) is 0 Å². The minimum atomic E-state index is 0.501. The van der Waals surface area contributed by atoms with Crippen LogP contribution < -0.4 is 0 Å². The maximum Gasteiger partial charge on any atom is 0.0279 e. The molecule has 3 heteroatoms. The highest BCUT2D eigenvalue weighted by Gasteiger charge is 2.34. The van der Waals surface area contributed by atoms with Gasteiger partial charge in [0.1, 0.15) is 0 Å². The highest BCUT2D eigenvalue weighted by molar-refractivity contribution is 8.00. The van der Waals surface area contributed by atoms with Gasteiger partial charge < -0.3 is 0 Å². The number of thioether (sulfide) groups is 1. The molecule has 0 radical (unpaired) electrons. The summed E-state index contributed by atoms with van der Waals surface area (Å²) in [4.78, 5) is 5.44. The van der Waals surface area contributed by atoms with Crippen molar-refractivity contribution in [2.75, 3.05) is 39.0 Å². The molecule has 2 nitrogen and oxygen atoms in total. The van der Waals surface area contributed by atoms with Gasteiger partial charge in [-0.05, 0) is 38.5 Å². The van der Waals surface area contributed by atoms with Gasteiger partial charge in [-0.25, -0.2) is 0 Å². The second kappa shape index (κ2) is 5.94. The predicted molar refractivity (Wildman–Crippen MR) is 77.9 cm³/mol. The van der Waals surface area contributed by atoms with Crippen molar-refractivity contribution in [3.63, 3.8) is 0 Å². The van der Waals surface area contributed by atoms with Gasteiger partial charge >= 0.3 is 0 Å². The van der Waals surface area contributed by atoms with Crippen molar-refractivity contribution in [1.82, 2.24) is 9.80 Å². The summed E-state index contributed by atoms with van der Waals surface area (Å²) in [6, 6.07) is 0.872. The monoisotopic (exact) mass is 256 g/mol. The molecule has 17 heavy (non-hydrogen) atoms. The number of hydrogen-bond acceptors (Lipinski definition) is 3. The van der Waals surface area contributed by atoms with Crippen LogP contribution in [0.15, 0.2) is 0 Å². The Morgan fingerprint density at radius 3 is 2.59 bits per heavy atom. The molecule has 100 valence electrons. The van der Waals surface area contributed by atoms with Crippen molar-refractivity contribution in [3.05, 3.63) is 0 Å². The Bertz CT molecular complexity index is 232. The fourth-order valence-electron chi connectivity index (χ4n) is 3.43. The minimum Gasteiger partial charge on any atom is -0.299 e. The molecular weight excluding hydrogens is 228 g/mol. The van der Waals surface area contributed by atoms with Gasteiger partial charge in [-0.1, -0.05) is 13.8 Å². The molecule has 0 aromatic heterocycles. The second-order valence-corrected chi connectivity index (χ2v) is 6.94. The van der Waals surface area contributed by atoms with Crippen molar-refractivity contribution < 1.29 is 0 Å². The van der Waals surface area contributed by atoms with Gasteiger partial charge in [-0.2, -0.15) is 11.8 Å². The zero-order valence-corrected chi connectivity index (χ0v) is 12.6. The first-order valence-electron chi connectivity index (χ1n) is 7.24. The smallest absolute Gasteiger partial charge is 0.0279 e. The van der Waals surface area contributed by atoms with Gasteiger partial charge in [0.15, 0.2) is 0 Å². The van der Waals surface area contributed by atoms with E-state index in [-0.39, 0.29) is 0 Å². The van der Waals surface area contributed by atoms with E-state index in [0.29, 0.717) is 4.75 Å². The Morgan fingerprint density at radius 2 is 1.94 bits per heavy atom. The SMILES string of the molecule is CCC(CC)(CN1CCN2CCCC2C1)SC. The predicted octanol–water partition coefficient (Wildman–Crippen LogP) is 2.69. The molecule has 0 saturated carbocycles. The second-order valence-electron chi connectivity index (χ2n) is 5.66. The Morgan fingerprint density at radius 1 is 1.18 bits per heavy atom. The molecule has 2 saturated heterocycles. The van der Waals surface area contributed by atoms with Gasteiger partial charge in [-0.3, -0.25) is 9.80 Å². The van der Waals surface area contributed by atoms with Crippen LogP contribution in [0.25, 0.3) is 0 Å². The van der Waals surface area contributed by atoms with Gasteiger partial charge in [0.05, 0.1) is 0 Å². The summed E-state index contributed by atoms with van der Waals surface area (Å²) < 4.78 is 0.501. The summed E-state index contributed by atoms with van der Waals surface area (Å²) in [5.41, 5.74) is 0. The molecular formula is C14H28N2S. The molecule has 2 rings (SSSR count). The van der Waals surface area contributed by atoms with Crippen LogP contribution in [0.3, 0.4) is 0 Å². The molecule has 0 aliphatic carbocycles. The Balaban J connectivity index is 1.90. The lowest BCUT2D eigenvalue weighted by Crippen LogP contribution is -2.53. The molecule has 0 amide bonds. The average Bonchev–Trinajstić information content (AvgIpc) is 2.83. The topological polar surface area (TPSA) is 6.48 Å². The van der Waals surface area contributed by atoms with Crippen molar-refractivity contribution in [2.24, 2.45) is 0 Å². The number of piperazine rings is 1. The molecule has 0 spiro atoms. The average molecular weight is 256 g/mol. The first-order chi connectivity index (χ1) is 8.23. The van der Waals surface area contributed by atoms with Crippen LogP contribution in [0.2, 0.25) is 0 Å². The van der Waals surface area contributed by atoms with Crippen LogP contribution in [-0.2, 0) is 0 Å². The van der Waals surface area contributed by atoms with E-state index >= 15 is 0 Å². The van der Waals surface area contributed by atoms with Gasteiger partial charge in [0.2, 0.25) is 0 Å². The molecule has 2 fully saturated rings. The highest BCUT2D eigenvalue weighted by atomic mass is 32.2. The van der Waals surface area contributed by atoms with Crippen LogP contribution in [0.5, 0.6) is 0 Å². The first-order valence-corrected chi connectivity index (χ1v) is 8.47. The van der Waals surface area contributed by atoms with E-state index in [1.54, 1.807) is 0 Å². The third-order valence-electron chi connectivity index (χ3n) is 4.90. The van der Waals surface area contributed by atoms with Crippen LogP contribution in [0.1, 0.15) is 39.5 Å². The van der Waals surface area contributed by atoms with E-state index in [2.05, 4.69) is 41.7 Å². The van der Waals surface area contributed by atoms with E-state index in [4.69, 9.17) is 0 Å². The zero-order valence-electron chi connectivity index (χ0n) is 11.7. The standard InChI is InChI=1S/C14H28N2S/c1-4-14(5-2,17-3)12-15-9-10-16-8-6-7-13(16)11-15/h13H,4-12H2,1-3H3. The molecule has 2 aliphatic rings. The van der Waals surface area contributed by atoms with E-state index in [9.17, 15) is 0 Å². The Kier molecular flexibility index (Phi) is 4.79. The van der Waals surface area contributed by atoms with Gasteiger partial charge in [-0.15, -0.1) is 0 Å². The maximum atomic E-state index is 2.73. The Hall–Kier alpha value is 0.270. The fraction of sp³-hybridized carbons (Fsp3) is 1.00. The summed E-state index contributed by atoms with van der Waals surface area (Å²) in [5.74, 6) is 0. The summed E-state index contributed by atoms with van der Waals surface area (Å²) in [5, 5.41) is 0. The lowest BCUT2D eigenvalue weighted by Gasteiger charge is -2.42. The lowest BCUT2D eigenvalue weighted by molar-refractivity contribution is 0.0953. The quantitative estimate of drug-likeness (QED) is 0.747. The highest BCUT2D eigenvalue weighted by Crippen LogP contribution is 2.32. The minimum absolute atomic E-state index is 0.501.